The molecule has 0 rings (SSSR count). The van der Waals surface area contributed by atoms with Crippen LogP contribution in [0.3, 0.4) is 0 Å². The Morgan fingerprint density at radius 3 is 1.75 bits per heavy atom. The van der Waals surface area contributed by atoms with Gasteiger partial charge in [0.05, 0.1) is 0 Å². The molecule has 0 unspecified atom stereocenters. The molecule has 0 amide bonds. The van der Waals surface area contributed by atoms with Crippen LogP contribution in [-0.4, -0.2) is 54.6 Å². The van der Waals surface area contributed by atoms with Crippen LogP contribution in [0.2, 0.25) is 0 Å². The second kappa shape index (κ2) is 8.87. The van der Waals surface area contributed by atoms with E-state index in [0.29, 0.717) is 0 Å². The zero-order chi connectivity index (χ0) is 2.71. The van der Waals surface area contributed by atoms with Crippen molar-refractivity contribution < 1.29 is 0 Å². The van der Waals surface area contributed by atoms with Crippen LogP contribution >= 0.6 is 12.6 Å². The van der Waals surface area contributed by atoms with Crippen molar-refractivity contribution in [1.29, 1.82) is 0 Å². The summed E-state index contributed by atoms with van der Waals surface area (Å²) in [6.45, 7) is 1.99. The third-order valence-corrected chi connectivity index (χ3v) is 0. The fourth-order valence-electron chi connectivity index (χ4n) is 0. The maximum Gasteiger partial charge on any atom is 0 e. The summed E-state index contributed by atoms with van der Waals surface area (Å²) in [5.41, 5.74) is 0. The molecule has 22 valence electrons. The van der Waals surface area contributed by atoms with Crippen LogP contribution in [-0.2, 0) is 0 Å². The van der Waals surface area contributed by atoms with Crippen molar-refractivity contribution >= 4 is 61.5 Å². The largest absolute Gasteiger partial charge is 0.180 e. The van der Waals surface area contributed by atoms with Gasteiger partial charge in [-0.3, -0.25) is 0 Å². The third-order valence-electron chi connectivity index (χ3n) is 0. The van der Waals surface area contributed by atoms with Crippen LogP contribution in [0.1, 0.15) is 6.92 Å². The normalized spacial score (nSPS) is 4.50. The Labute approximate surface area is 72.8 Å². The number of hydrogen-bond acceptors (Lipinski definition) is 1. The Balaban J connectivity index is 0. The van der Waals surface area contributed by atoms with Gasteiger partial charge in [-0.1, -0.05) is 6.92 Å². The van der Waals surface area contributed by atoms with Crippen LogP contribution < -0.4 is 0 Å². The molecule has 0 saturated carbocycles. The molecule has 0 aromatic rings. The minimum absolute atomic E-state index is 0. The summed E-state index contributed by atoms with van der Waals surface area (Å²) in [5.74, 6) is 0.944. The van der Waals surface area contributed by atoms with Gasteiger partial charge in [0.15, 0.2) is 0 Å². The first-order chi connectivity index (χ1) is 1.41. The number of hydrogen-bond donors (Lipinski definition) is 1. The van der Waals surface area contributed by atoms with Crippen molar-refractivity contribution in [3.8, 4) is 0 Å². The van der Waals surface area contributed by atoms with Crippen molar-refractivity contribution in [3.05, 3.63) is 0 Å². The van der Waals surface area contributed by atoms with Crippen LogP contribution in [0.4, 0.5) is 0 Å². The predicted octanol–water partition coefficient (Wildman–Crippen LogP) is 0.555. The third kappa shape index (κ3) is 9.07. The molecule has 0 spiro atoms. The van der Waals surface area contributed by atoms with E-state index < -0.39 is 0 Å². The molecule has 0 fully saturated rings. The van der Waals surface area contributed by atoms with Crippen molar-refractivity contribution in [1.82, 2.24) is 0 Å². The summed E-state index contributed by atoms with van der Waals surface area (Å²) in [6.07, 6.45) is 0. The van der Waals surface area contributed by atoms with Gasteiger partial charge in [0.25, 0.3) is 0 Å². The monoisotopic (exact) mass is 200 g/mol. The Hall–Kier alpha value is 1.92. The van der Waals surface area contributed by atoms with Gasteiger partial charge in [0.2, 0.25) is 0 Å². The predicted molar refractivity (Wildman–Crippen MR) is 25.3 cm³/mol. The molecule has 0 aliphatic carbocycles. The minimum Gasteiger partial charge on any atom is -0.180 e. The molecule has 0 nitrogen and oxygen atoms in total. The molecule has 4 heavy (non-hydrogen) atoms. The van der Waals surface area contributed by atoms with Gasteiger partial charge in [-0.15, -0.1) is 0 Å². The topological polar surface area (TPSA) is 0 Å². The maximum atomic E-state index is 3.79. The van der Waals surface area contributed by atoms with Gasteiger partial charge in [0.1, 0.15) is 0 Å². The fraction of sp³-hybridized carbons (Fsp3) is 1.00. The van der Waals surface area contributed by atoms with Crippen LogP contribution in [0.15, 0.2) is 0 Å². The van der Waals surface area contributed by atoms with E-state index in [-0.39, 0.29) is 48.9 Å². The van der Waals surface area contributed by atoms with Gasteiger partial charge >= 0.3 is 0 Å². The summed E-state index contributed by atoms with van der Waals surface area (Å²) in [6, 6.07) is 0. The zero-order valence-electron chi connectivity index (χ0n) is 2.86. The standard InChI is InChI=1S/C2H6S.Ba/c1-2-3;/h3H,2H2,1H3;. The Bertz CT molecular complexity index is 6.00. The van der Waals surface area contributed by atoms with Gasteiger partial charge in [-0.2, -0.15) is 12.6 Å². The summed E-state index contributed by atoms with van der Waals surface area (Å²) >= 11 is 3.79. The summed E-state index contributed by atoms with van der Waals surface area (Å²) in [7, 11) is 0. The van der Waals surface area contributed by atoms with E-state index in [4.69, 9.17) is 0 Å². The first-order valence-corrected chi connectivity index (χ1v) is 1.66. The van der Waals surface area contributed by atoms with Crippen molar-refractivity contribution in [2.24, 2.45) is 0 Å². The molecule has 0 aromatic heterocycles. The van der Waals surface area contributed by atoms with E-state index in [1.54, 1.807) is 0 Å². The van der Waals surface area contributed by atoms with E-state index >= 15 is 0 Å². The molecule has 2 heteroatoms. The molecule has 0 aromatic carbocycles. The minimum atomic E-state index is 0. The van der Waals surface area contributed by atoms with Crippen molar-refractivity contribution in [3.63, 3.8) is 0 Å². The first-order valence-electron chi connectivity index (χ1n) is 1.02. The molecular formula is C2H6BaS. The second-order valence-corrected chi connectivity index (χ2v) is 0.949. The smallest absolute Gasteiger partial charge is 0 e. The Morgan fingerprint density at radius 2 is 1.75 bits per heavy atom. The van der Waals surface area contributed by atoms with Crippen LogP contribution in [0.5, 0.6) is 0 Å². The number of rotatable bonds is 0. The average Bonchev–Trinajstić information content (AvgIpc) is 0.918. The van der Waals surface area contributed by atoms with Gasteiger partial charge in [0, 0.05) is 48.9 Å². The van der Waals surface area contributed by atoms with E-state index in [2.05, 4.69) is 12.6 Å². The summed E-state index contributed by atoms with van der Waals surface area (Å²) in [5, 5.41) is 0. The molecule has 0 atom stereocenters. The van der Waals surface area contributed by atoms with Crippen molar-refractivity contribution in [2.45, 2.75) is 6.92 Å². The Kier molecular flexibility index (Phi) is 20.7. The van der Waals surface area contributed by atoms with Gasteiger partial charge in [-0.05, 0) is 5.75 Å². The maximum absolute atomic E-state index is 3.79. The van der Waals surface area contributed by atoms with Crippen molar-refractivity contribution in [2.75, 3.05) is 5.75 Å². The molecule has 0 N–H and O–H groups in total. The molecular weight excluding hydrogens is 193 g/mol. The molecule has 2 radical (unpaired) electrons. The van der Waals surface area contributed by atoms with Gasteiger partial charge in [-0.25, -0.2) is 0 Å². The molecule has 0 aliphatic rings. The number of thiol groups is 1. The quantitative estimate of drug-likeness (QED) is 0.428. The van der Waals surface area contributed by atoms with Gasteiger partial charge < -0.3 is 0 Å². The molecule has 0 bridgehead atoms. The van der Waals surface area contributed by atoms with E-state index in [9.17, 15) is 0 Å². The van der Waals surface area contributed by atoms with Crippen LogP contribution in [0, 0.1) is 0 Å². The molecule has 0 saturated heterocycles. The molecule has 0 aliphatic heterocycles. The zero-order valence-corrected chi connectivity index (χ0v) is 8.20. The average molecular weight is 199 g/mol. The van der Waals surface area contributed by atoms with E-state index in [1.807, 2.05) is 6.92 Å². The fourth-order valence-corrected chi connectivity index (χ4v) is 0. The van der Waals surface area contributed by atoms with E-state index in [1.165, 1.54) is 0 Å². The molecule has 0 heterocycles. The first kappa shape index (κ1) is 9.33. The van der Waals surface area contributed by atoms with E-state index in [0.717, 1.165) is 5.75 Å². The SMILES string of the molecule is CCS.[Ba]. The Morgan fingerprint density at radius 1 is 1.75 bits per heavy atom. The second-order valence-electron chi connectivity index (χ2n) is 0.316. The summed E-state index contributed by atoms with van der Waals surface area (Å²) in [4.78, 5) is 0. The van der Waals surface area contributed by atoms with Crippen LogP contribution in [0.25, 0.3) is 0 Å². The summed E-state index contributed by atoms with van der Waals surface area (Å²) < 4.78 is 0.